The Labute approximate surface area is 153 Å². The van der Waals surface area contributed by atoms with Crippen LogP contribution in [0.2, 0.25) is 0 Å². The molecule has 2 aromatic rings. The maximum atomic E-state index is 13.3. The molecule has 134 valence electrons. The van der Waals surface area contributed by atoms with Crippen molar-refractivity contribution < 1.29 is 19.0 Å². The molecule has 0 bridgehead atoms. The molecule has 1 unspecified atom stereocenters. The van der Waals surface area contributed by atoms with E-state index in [9.17, 15) is 10.1 Å². The van der Waals surface area contributed by atoms with Crippen molar-refractivity contribution in [2.75, 3.05) is 21.3 Å². The lowest BCUT2D eigenvalue weighted by Crippen LogP contribution is -2.14. The smallest absolute Gasteiger partial charge is 0.170 e. The van der Waals surface area contributed by atoms with Crippen molar-refractivity contribution in [3.05, 3.63) is 52.6 Å². The van der Waals surface area contributed by atoms with E-state index in [1.807, 2.05) is 18.2 Å². The van der Waals surface area contributed by atoms with Gasteiger partial charge >= 0.3 is 0 Å². The highest BCUT2D eigenvalue weighted by molar-refractivity contribution is 6.03. The Bertz CT molecular complexity index is 882. The van der Waals surface area contributed by atoms with E-state index in [1.165, 1.54) is 7.11 Å². The van der Waals surface area contributed by atoms with Gasteiger partial charge in [0.15, 0.2) is 5.78 Å². The lowest BCUT2D eigenvalue weighted by molar-refractivity contribution is 0.0956. The summed E-state index contributed by atoms with van der Waals surface area (Å²) in [7, 11) is 4.68. The molecule has 0 radical (unpaired) electrons. The molecule has 5 heteroatoms. The van der Waals surface area contributed by atoms with Crippen LogP contribution < -0.4 is 14.2 Å². The summed E-state index contributed by atoms with van der Waals surface area (Å²) in [5, 5.41) is 9.44. The summed E-state index contributed by atoms with van der Waals surface area (Å²) in [5.41, 5.74) is 2.78. The number of carbonyl (C=O) groups is 1. The Morgan fingerprint density at radius 1 is 1.04 bits per heavy atom. The summed E-state index contributed by atoms with van der Waals surface area (Å²) in [6.45, 7) is 0. The lowest BCUT2D eigenvalue weighted by Gasteiger charge is -2.19. The molecule has 0 amide bonds. The normalized spacial score (nSPS) is 16.2. The van der Waals surface area contributed by atoms with Gasteiger partial charge in [-0.2, -0.15) is 5.26 Å². The third-order valence-corrected chi connectivity index (χ3v) is 4.86. The zero-order chi connectivity index (χ0) is 18.7. The first-order valence-corrected chi connectivity index (χ1v) is 8.50. The zero-order valence-electron chi connectivity index (χ0n) is 15.2. The van der Waals surface area contributed by atoms with Gasteiger partial charge in [0.2, 0.25) is 0 Å². The summed E-state index contributed by atoms with van der Waals surface area (Å²) in [5.74, 6) is 1.41. The molecule has 0 saturated heterocycles. The van der Waals surface area contributed by atoms with Gasteiger partial charge in [0.1, 0.15) is 23.3 Å². The molecule has 1 atom stereocenters. The zero-order valence-corrected chi connectivity index (χ0v) is 15.2. The number of aryl methyl sites for hydroxylation is 1. The highest BCUT2D eigenvalue weighted by atomic mass is 16.5. The summed E-state index contributed by atoms with van der Waals surface area (Å²) in [6.07, 6.45) is 2.36. The summed E-state index contributed by atoms with van der Waals surface area (Å²) >= 11 is 0. The van der Waals surface area contributed by atoms with Gasteiger partial charge in [-0.3, -0.25) is 4.79 Å². The molecule has 26 heavy (non-hydrogen) atoms. The maximum Gasteiger partial charge on any atom is 0.170 e. The van der Waals surface area contributed by atoms with Crippen molar-refractivity contribution in [1.29, 1.82) is 5.26 Å². The van der Waals surface area contributed by atoms with Gasteiger partial charge in [0.25, 0.3) is 0 Å². The molecular weight excluding hydrogens is 330 g/mol. The topological polar surface area (TPSA) is 68.6 Å². The number of fused-ring (bicyclic) bond motifs is 1. The molecule has 0 fully saturated rings. The van der Waals surface area contributed by atoms with Gasteiger partial charge in [-0.15, -0.1) is 0 Å². The minimum Gasteiger partial charge on any atom is -0.497 e. The van der Waals surface area contributed by atoms with Crippen LogP contribution in [0.15, 0.2) is 30.3 Å². The number of Topliss-reactive ketones (excluding diaryl/α,β-unsaturated/α-hetero) is 1. The third-order valence-electron chi connectivity index (χ3n) is 4.86. The van der Waals surface area contributed by atoms with E-state index in [-0.39, 0.29) is 11.7 Å². The monoisotopic (exact) mass is 351 g/mol. The molecule has 0 saturated carbocycles. The third kappa shape index (κ3) is 3.11. The molecule has 0 spiro atoms. The van der Waals surface area contributed by atoms with E-state index in [4.69, 9.17) is 14.2 Å². The maximum absolute atomic E-state index is 13.3. The number of ketones is 1. The number of nitriles is 1. The second kappa shape index (κ2) is 7.49. The highest BCUT2D eigenvalue weighted by Gasteiger charge is 2.30. The van der Waals surface area contributed by atoms with Gasteiger partial charge in [-0.05, 0) is 49.1 Å². The van der Waals surface area contributed by atoms with E-state index in [2.05, 4.69) is 6.07 Å². The van der Waals surface area contributed by atoms with E-state index in [0.29, 0.717) is 34.6 Å². The first-order chi connectivity index (χ1) is 12.6. The fourth-order valence-corrected chi connectivity index (χ4v) is 3.57. The van der Waals surface area contributed by atoms with Crippen LogP contribution in [0.3, 0.4) is 0 Å². The van der Waals surface area contributed by atoms with Crippen LogP contribution in [-0.2, 0) is 6.42 Å². The largest absolute Gasteiger partial charge is 0.497 e. The van der Waals surface area contributed by atoms with Crippen LogP contribution in [0.5, 0.6) is 17.2 Å². The predicted octanol–water partition coefficient (Wildman–Crippen LogP) is 3.89. The van der Waals surface area contributed by atoms with Crippen molar-refractivity contribution in [3.63, 3.8) is 0 Å². The van der Waals surface area contributed by atoms with Crippen LogP contribution >= 0.6 is 0 Å². The average molecular weight is 351 g/mol. The summed E-state index contributed by atoms with van der Waals surface area (Å²) in [6, 6.07) is 11.1. The standard InChI is InChI=1S/C21H21NO4/c1-24-15-7-8-17-13(9-15)5-4-6-18(20(17)23)19-11-16(25-2)10-14(12-22)21(19)26-3/h7-11,18H,4-6H2,1-3H3. The predicted molar refractivity (Wildman–Crippen MR) is 97.3 cm³/mol. The first kappa shape index (κ1) is 17.8. The number of ether oxygens (including phenoxy) is 3. The minimum atomic E-state index is -0.373. The van der Waals surface area contributed by atoms with Gasteiger partial charge in [0.05, 0.1) is 32.8 Å². The van der Waals surface area contributed by atoms with Gasteiger partial charge in [-0.1, -0.05) is 0 Å². The number of methoxy groups -OCH3 is 3. The molecule has 0 aromatic heterocycles. The quantitative estimate of drug-likeness (QED) is 0.782. The summed E-state index contributed by atoms with van der Waals surface area (Å²) < 4.78 is 16.1. The number of rotatable bonds is 4. The Morgan fingerprint density at radius 2 is 1.81 bits per heavy atom. The van der Waals surface area contributed by atoms with Gasteiger partial charge in [-0.25, -0.2) is 0 Å². The van der Waals surface area contributed by atoms with E-state index in [1.54, 1.807) is 26.4 Å². The molecule has 3 rings (SSSR count). The first-order valence-electron chi connectivity index (χ1n) is 8.50. The second-order valence-electron chi connectivity index (χ2n) is 6.24. The number of nitrogens with zero attached hydrogens (tertiary/aromatic N) is 1. The Kier molecular flexibility index (Phi) is 5.13. The average Bonchev–Trinajstić information content (AvgIpc) is 2.85. The number of hydrogen-bond acceptors (Lipinski definition) is 5. The Hall–Kier alpha value is -3.00. The Morgan fingerprint density at radius 3 is 2.46 bits per heavy atom. The molecule has 2 aromatic carbocycles. The number of carbonyl (C=O) groups excluding carboxylic acids is 1. The van der Waals surface area contributed by atoms with Gasteiger partial charge in [0, 0.05) is 17.2 Å². The summed E-state index contributed by atoms with van der Waals surface area (Å²) in [4.78, 5) is 13.3. The molecular formula is C21H21NO4. The second-order valence-corrected chi connectivity index (χ2v) is 6.24. The van der Waals surface area contributed by atoms with E-state index in [0.717, 1.165) is 24.2 Å². The minimum absolute atomic E-state index is 0.0376. The lowest BCUT2D eigenvalue weighted by atomic mass is 9.87. The van der Waals surface area contributed by atoms with Crippen LogP contribution in [-0.4, -0.2) is 27.1 Å². The van der Waals surface area contributed by atoms with E-state index < -0.39 is 0 Å². The van der Waals surface area contributed by atoms with Crippen molar-refractivity contribution in [3.8, 4) is 23.3 Å². The Balaban J connectivity index is 2.12. The van der Waals surface area contributed by atoms with Crippen molar-refractivity contribution in [1.82, 2.24) is 0 Å². The highest BCUT2D eigenvalue weighted by Crippen LogP contribution is 2.40. The molecule has 0 N–H and O–H groups in total. The molecule has 0 heterocycles. The molecule has 0 aliphatic heterocycles. The van der Waals surface area contributed by atoms with Crippen molar-refractivity contribution >= 4 is 5.78 Å². The molecule has 1 aliphatic carbocycles. The van der Waals surface area contributed by atoms with Crippen LogP contribution in [0.25, 0.3) is 0 Å². The number of hydrogen-bond donors (Lipinski definition) is 0. The van der Waals surface area contributed by atoms with E-state index >= 15 is 0 Å². The van der Waals surface area contributed by atoms with Crippen LogP contribution in [0.1, 0.15) is 45.8 Å². The fourth-order valence-electron chi connectivity index (χ4n) is 3.57. The SMILES string of the molecule is COc1ccc2c(c1)CCCC(c1cc(OC)cc(C#N)c1OC)C2=O. The molecule has 1 aliphatic rings. The fraction of sp³-hybridized carbons (Fsp3) is 0.333. The van der Waals surface area contributed by atoms with Gasteiger partial charge < -0.3 is 14.2 Å². The van der Waals surface area contributed by atoms with Crippen LogP contribution in [0.4, 0.5) is 0 Å². The van der Waals surface area contributed by atoms with Crippen molar-refractivity contribution in [2.24, 2.45) is 0 Å². The number of benzene rings is 2. The molecule has 5 nitrogen and oxygen atoms in total. The van der Waals surface area contributed by atoms with Crippen molar-refractivity contribution in [2.45, 2.75) is 25.2 Å². The van der Waals surface area contributed by atoms with Crippen LogP contribution in [0, 0.1) is 11.3 Å².